The van der Waals surface area contributed by atoms with Crippen LogP contribution in [0.15, 0.2) is 36.4 Å². The Kier molecular flexibility index (Phi) is 4.35. The maximum atomic E-state index is 14.1. The summed E-state index contributed by atoms with van der Waals surface area (Å²) in [5.74, 6) is -0.335. The Morgan fingerprint density at radius 2 is 1.95 bits per heavy atom. The number of benzene rings is 1. The molecule has 4 heteroatoms. The first-order valence-electron chi connectivity index (χ1n) is 6.59. The number of para-hydroxylation sites is 1. The van der Waals surface area contributed by atoms with E-state index in [9.17, 15) is 9.50 Å². The molecule has 106 valence electrons. The molecule has 0 aliphatic heterocycles. The minimum absolute atomic E-state index is 0.335. The van der Waals surface area contributed by atoms with Gasteiger partial charge in [0.25, 0.3) is 0 Å². The number of nitrogens with zero attached hydrogens (tertiary/aromatic N) is 2. The van der Waals surface area contributed by atoms with Crippen molar-refractivity contribution in [1.82, 2.24) is 4.98 Å². The first kappa shape index (κ1) is 14.5. The molecule has 20 heavy (non-hydrogen) atoms. The Bertz CT molecular complexity index is 599. The third kappa shape index (κ3) is 3.14. The van der Waals surface area contributed by atoms with Crippen LogP contribution in [0.5, 0.6) is 0 Å². The van der Waals surface area contributed by atoms with Crippen LogP contribution in [0.3, 0.4) is 0 Å². The Morgan fingerprint density at radius 3 is 2.60 bits per heavy atom. The van der Waals surface area contributed by atoms with E-state index in [1.54, 1.807) is 31.0 Å². The van der Waals surface area contributed by atoms with Crippen molar-refractivity contribution in [1.29, 1.82) is 0 Å². The minimum Gasteiger partial charge on any atom is -0.389 e. The number of aliphatic hydroxyl groups is 1. The maximum absolute atomic E-state index is 14.1. The summed E-state index contributed by atoms with van der Waals surface area (Å²) in [6.45, 7) is 4.05. The number of anilines is 1. The van der Waals surface area contributed by atoms with Gasteiger partial charge in [-0.1, -0.05) is 18.2 Å². The van der Waals surface area contributed by atoms with Crippen molar-refractivity contribution in [2.45, 2.75) is 26.5 Å². The largest absolute Gasteiger partial charge is 0.389 e. The van der Waals surface area contributed by atoms with Gasteiger partial charge in [0, 0.05) is 18.3 Å². The molecular formula is C16H19FN2O. The summed E-state index contributed by atoms with van der Waals surface area (Å²) in [5, 5.41) is 9.78. The van der Waals surface area contributed by atoms with E-state index in [1.165, 1.54) is 6.07 Å². The van der Waals surface area contributed by atoms with Gasteiger partial charge < -0.3 is 10.0 Å². The van der Waals surface area contributed by atoms with Gasteiger partial charge in [0.1, 0.15) is 5.82 Å². The van der Waals surface area contributed by atoms with Crippen molar-refractivity contribution >= 4 is 5.69 Å². The number of rotatable bonds is 4. The molecule has 0 spiro atoms. The van der Waals surface area contributed by atoms with Gasteiger partial charge in [-0.3, -0.25) is 4.98 Å². The van der Waals surface area contributed by atoms with E-state index in [1.807, 2.05) is 25.1 Å². The maximum Gasteiger partial charge on any atom is 0.146 e. The summed E-state index contributed by atoms with van der Waals surface area (Å²) in [5.41, 5.74) is 2.80. The Labute approximate surface area is 118 Å². The highest BCUT2D eigenvalue weighted by atomic mass is 19.1. The molecule has 0 saturated carbocycles. The lowest BCUT2D eigenvalue weighted by molar-refractivity contribution is 0.199. The molecule has 2 aromatic rings. The number of halogens is 1. The fourth-order valence-electron chi connectivity index (χ4n) is 2.28. The van der Waals surface area contributed by atoms with Crippen LogP contribution in [0.25, 0.3) is 0 Å². The average molecular weight is 274 g/mol. The Hall–Kier alpha value is -1.94. The lowest BCUT2D eigenvalue weighted by Crippen LogP contribution is -2.21. The smallest absolute Gasteiger partial charge is 0.146 e. The Balaban J connectivity index is 2.31. The van der Waals surface area contributed by atoms with Crippen LogP contribution in [-0.4, -0.2) is 17.1 Å². The second-order valence-corrected chi connectivity index (χ2v) is 4.98. The lowest BCUT2D eigenvalue weighted by Gasteiger charge is -2.24. The second-order valence-electron chi connectivity index (χ2n) is 4.98. The molecule has 0 aliphatic rings. The SMILES string of the molecule is Cc1cccc(CN(C)c2c(F)cccc2C(C)O)n1. The molecule has 0 radical (unpaired) electrons. The molecule has 3 nitrogen and oxygen atoms in total. The van der Waals surface area contributed by atoms with Gasteiger partial charge in [-0.25, -0.2) is 4.39 Å². The zero-order valence-corrected chi connectivity index (χ0v) is 12.0. The van der Waals surface area contributed by atoms with Crippen molar-refractivity contribution in [3.05, 3.63) is 59.2 Å². The van der Waals surface area contributed by atoms with Crippen molar-refractivity contribution in [3.63, 3.8) is 0 Å². The summed E-state index contributed by atoms with van der Waals surface area (Å²) >= 11 is 0. The predicted molar refractivity (Wildman–Crippen MR) is 78.1 cm³/mol. The number of aromatic nitrogens is 1. The van der Waals surface area contributed by atoms with Crippen LogP contribution >= 0.6 is 0 Å². The van der Waals surface area contributed by atoms with Crippen molar-refractivity contribution in [3.8, 4) is 0 Å². The Morgan fingerprint density at radius 1 is 1.25 bits per heavy atom. The summed E-state index contributed by atoms with van der Waals surface area (Å²) in [6.07, 6.45) is -0.714. The molecule has 1 aromatic heterocycles. The average Bonchev–Trinajstić information content (AvgIpc) is 2.38. The van der Waals surface area contributed by atoms with Crippen LogP contribution < -0.4 is 4.90 Å². The molecule has 1 N–H and O–H groups in total. The predicted octanol–water partition coefficient (Wildman–Crippen LogP) is 3.22. The van der Waals surface area contributed by atoms with E-state index < -0.39 is 6.10 Å². The van der Waals surface area contributed by atoms with Gasteiger partial charge in [-0.2, -0.15) is 0 Å². The first-order chi connectivity index (χ1) is 9.49. The second kappa shape index (κ2) is 6.01. The summed E-state index contributed by atoms with van der Waals surface area (Å²) in [4.78, 5) is 6.19. The summed E-state index contributed by atoms with van der Waals surface area (Å²) in [7, 11) is 1.80. The molecule has 1 aromatic carbocycles. The number of pyridine rings is 1. The molecule has 1 atom stereocenters. The molecule has 0 bridgehead atoms. The molecule has 0 aliphatic carbocycles. The molecule has 2 rings (SSSR count). The number of hydrogen-bond acceptors (Lipinski definition) is 3. The van der Waals surface area contributed by atoms with Gasteiger partial charge >= 0.3 is 0 Å². The molecule has 0 fully saturated rings. The van der Waals surface area contributed by atoms with E-state index in [0.29, 0.717) is 17.8 Å². The fraction of sp³-hybridized carbons (Fsp3) is 0.312. The molecule has 1 unspecified atom stereocenters. The van der Waals surface area contributed by atoms with E-state index >= 15 is 0 Å². The monoisotopic (exact) mass is 274 g/mol. The minimum atomic E-state index is -0.714. The highest BCUT2D eigenvalue weighted by Crippen LogP contribution is 2.29. The van der Waals surface area contributed by atoms with E-state index in [0.717, 1.165) is 11.4 Å². The molecule has 0 saturated heterocycles. The third-order valence-electron chi connectivity index (χ3n) is 3.19. The van der Waals surface area contributed by atoms with Crippen molar-refractivity contribution in [2.75, 3.05) is 11.9 Å². The summed E-state index contributed by atoms with van der Waals surface area (Å²) < 4.78 is 14.1. The molecular weight excluding hydrogens is 255 g/mol. The van der Waals surface area contributed by atoms with Crippen LogP contribution in [0.2, 0.25) is 0 Å². The van der Waals surface area contributed by atoms with Gasteiger partial charge in [0.05, 0.1) is 24.0 Å². The lowest BCUT2D eigenvalue weighted by atomic mass is 10.1. The highest BCUT2D eigenvalue weighted by Gasteiger charge is 2.16. The normalized spacial score (nSPS) is 12.2. The van der Waals surface area contributed by atoms with Gasteiger partial charge in [-0.05, 0) is 32.0 Å². The number of hydrogen-bond donors (Lipinski definition) is 1. The third-order valence-corrected chi connectivity index (χ3v) is 3.19. The van der Waals surface area contributed by atoms with Crippen molar-refractivity contribution in [2.24, 2.45) is 0 Å². The van der Waals surface area contributed by atoms with Crippen LogP contribution in [0.1, 0.15) is 30.0 Å². The number of aliphatic hydroxyl groups excluding tert-OH is 1. The quantitative estimate of drug-likeness (QED) is 0.930. The standard InChI is InChI=1S/C16H19FN2O/c1-11-6-4-7-13(18-11)10-19(3)16-14(12(2)20)8-5-9-15(16)17/h4-9,12,20H,10H2,1-3H3. The van der Waals surface area contributed by atoms with Crippen LogP contribution in [0.4, 0.5) is 10.1 Å². The fourth-order valence-corrected chi connectivity index (χ4v) is 2.28. The van der Waals surface area contributed by atoms with Crippen molar-refractivity contribution < 1.29 is 9.50 Å². The molecule has 0 amide bonds. The molecule has 1 heterocycles. The van der Waals surface area contributed by atoms with E-state index in [2.05, 4.69) is 4.98 Å². The van der Waals surface area contributed by atoms with E-state index in [-0.39, 0.29) is 5.82 Å². The topological polar surface area (TPSA) is 36.4 Å². The van der Waals surface area contributed by atoms with E-state index in [4.69, 9.17) is 0 Å². The van der Waals surface area contributed by atoms with Gasteiger partial charge in [-0.15, -0.1) is 0 Å². The zero-order chi connectivity index (χ0) is 14.7. The zero-order valence-electron chi connectivity index (χ0n) is 12.0. The van der Waals surface area contributed by atoms with Crippen LogP contribution in [0, 0.1) is 12.7 Å². The number of aryl methyl sites for hydroxylation is 1. The van der Waals surface area contributed by atoms with Gasteiger partial charge in [0.15, 0.2) is 0 Å². The van der Waals surface area contributed by atoms with Gasteiger partial charge in [0.2, 0.25) is 0 Å². The highest BCUT2D eigenvalue weighted by molar-refractivity contribution is 5.55. The van der Waals surface area contributed by atoms with Crippen LogP contribution in [-0.2, 0) is 6.54 Å². The summed E-state index contributed by atoms with van der Waals surface area (Å²) in [6, 6.07) is 10.5. The first-order valence-corrected chi connectivity index (χ1v) is 6.59.